The van der Waals surface area contributed by atoms with Gasteiger partial charge < -0.3 is 0 Å². The number of hydrogen-bond acceptors (Lipinski definition) is 6. The normalized spacial score (nSPS) is 16.4. The summed E-state index contributed by atoms with van der Waals surface area (Å²) in [5.41, 5.74) is 1.07. The lowest BCUT2D eigenvalue weighted by Crippen LogP contribution is -2.29. The van der Waals surface area contributed by atoms with Gasteiger partial charge in [-0.05, 0) is 32.0 Å². The van der Waals surface area contributed by atoms with E-state index in [1.165, 1.54) is 30.6 Å². The van der Waals surface area contributed by atoms with Crippen LogP contribution in [0.4, 0.5) is 5.00 Å². The van der Waals surface area contributed by atoms with Crippen LogP contribution in [0.15, 0.2) is 17.5 Å². The van der Waals surface area contributed by atoms with E-state index in [1.54, 1.807) is 23.5 Å². The number of nitrogens with zero attached hydrogens (tertiary/aromatic N) is 3. The molecule has 1 fully saturated rings. The summed E-state index contributed by atoms with van der Waals surface area (Å²) in [6.07, 6.45) is 3.87. The minimum atomic E-state index is -0.351. The lowest BCUT2D eigenvalue weighted by Gasteiger charge is -2.25. The highest BCUT2D eigenvalue weighted by Gasteiger charge is 2.15. The summed E-state index contributed by atoms with van der Waals surface area (Å²) in [4.78, 5) is 18.3. The molecule has 2 aromatic rings. The molecule has 106 valence electrons. The summed E-state index contributed by atoms with van der Waals surface area (Å²) in [7, 11) is 0. The van der Waals surface area contributed by atoms with Crippen LogP contribution in [0.5, 0.6) is 0 Å². The SMILES string of the molecule is O=[N+]([O-])c1ccc(-c2nc(CN3CCCCC3)cs2)s1. The molecule has 20 heavy (non-hydrogen) atoms. The van der Waals surface area contributed by atoms with E-state index in [0.29, 0.717) is 0 Å². The number of nitro groups is 1. The van der Waals surface area contributed by atoms with Crippen molar-refractivity contribution in [2.45, 2.75) is 25.8 Å². The number of aromatic nitrogens is 1. The van der Waals surface area contributed by atoms with Crippen LogP contribution >= 0.6 is 22.7 Å². The van der Waals surface area contributed by atoms with Gasteiger partial charge in [0, 0.05) is 18.0 Å². The van der Waals surface area contributed by atoms with Crippen LogP contribution in [0, 0.1) is 10.1 Å². The van der Waals surface area contributed by atoms with Gasteiger partial charge in [0.25, 0.3) is 0 Å². The average Bonchev–Trinajstić information content (AvgIpc) is 3.08. The summed E-state index contributed by atoms with van der Waals surface area (Å²) < 4.78 is 0. The van der Waals surface area contributed by atoms with E-state index >= 15 is 0 Å². The molecule has 0 aliphatic carbocycles. The molecule has 0 spiro atoms. The van der Waals surface area contributed by atoms with Gasteiger partial charge in [0.15, 0.2) is 0 Å². The number of rotatable bonds is 4. The number of thiophene rings is 1. The zero-order valence-electron chi connectivity index (χ0n) is 10.9. The zero-order valence-corrected chi connectivity index (χ0v) is 12.6. The molecule has 3 rings (SSSR count). The van der Waals surface area contributed by atoms with Gasteiger partial charge in [-0.3, -0.25) is 15.0 Å². The van der Waals surface area contributed by atoms with Crippen molar-refractivity contribution < 1.29 is 4.92 Å². The third kappa shape index (κ3) is 3.05. The molecule has 3 heterocycles. The van der Waals surface area contributed by atoms with Crippen LogP contribution in [-0.2, 0) is 6.54 Å². The third-order valence-electron chi connectivity index (χ3n) is 3.37. The van der Waals surface area contributed by atoms with Crippen molar-refractivity contribution >= 4 is 27.7 Å². The van der Waals surface area contributed by atoms with Crippen molar-refractivity contribution in [2.75, 3.05) is 13.1 Å². The monoisotopic (exact) mass is 309 g/mol. The largest absolute Gasteiger partial charge is 0.324 e. The van der Waals surface area contributed by atoms with Crippen LogP contribution in [0.3, 0.4) is 0 Å². The Labute approximate surface area is 125 Å². The fourth-order valence-electron chi connectivity index (χ4n) is 2.38. The first-order chi connectivity index (χ1) is 9.72. The van der Waals surface area contributed by atoms with Gasteiger partial charge in [-0.2, -0.15) is 0 Å². The van der Waals surface area contributed by atoms with Gasteiger partial charge in [0.05, 0.1) is 15.5 Å². The Kier molecular flexibility index (Phi) is 4.09. The number of likely N-dealkylation sites (tertiary alicyclic amines) is 1. The smallest absolute Gasteiger partial charge is 0.297 e. The van der Waals surface area contributed by atoms with Crippen molar-refractivity contribution in [3.8, 4) is 9.88 Å². The standard InChI is InChI=1S/C13H15N3O2S2/c17-16(18)12-5-4-11(20-12)13-14-10(9-19-13)8-15-6-2-1-3-7-15/h4-5,9H,1-3,6-8H2. The molecule has 0 saturated carbocycles. The van der Waals surface area contributed by atoms with Gasteiger partial charge in [-0.15, -0.1) is 11.3 Å². The summed E-state index contributed by atoms with van der Waals surface area (Å²) in [6.45, 7) is 3.19. The summed E-state index contributed by atoms with van der Waals surface area (Å²) in [6, 6.07) is 3.33. The fourth-order valence-corrected chi connectivity index (χ4v) is 4.08. The Balaban J connectivity index is 1.70. The number of thiazole rings is 1. The van der Waals surface area contributed by atoms with E-state index in [4.69, 9.17) is 0 Å². The molecular weight excluding hydrogens is 294 g/mol. The zero-order chi connectivity index (χ0) is 13.9. The first-order valence-corrected chi connectivity index (χ1v) is 8.33. The van der Waals surface area contributed by atoms with E-state index in [2.05, 4.69) is 15.3 Å². The fraction of sp³-hybridized carbons (Fsp3) is 0.462. The molecule has 2 aromatic heterocycles. The van der Waals surface area contributed by atoms with E-state index in [9.17, 15) is 10.1 Å². The van der Waals surface area contributed by atoms with Crippen LogP contribution < -0.4 is 0 Å². The summed E-state index contributed by atoms with van der Waals surface area (Å²) in [5.74, 6) is 0. The van der Waals surface area contributed by atoms with Crippen LogP contribution in [0.2, 0.25) is 0 Å². The molecule has 0 radical (unpaired) electrons. The second-order valence-corrected chi connectivity index (χ2v) is 6.80. The minimum absolute atomic E-state index is 0.174. The molecule has 0 atom stereocenters. The second kappa shape index (κ2) is 5.99. The number of hydrogen-bond donors (Lipinski definition) is 0. The molecule has 0 N–H and O–H groups in total. The summed E-state index contributed by atoms with van der Waals surface area (Å²) in [5, 5.41) is 13.8. The quantitative estimate of drug-likeness (QED) is 0.637. The van der Waals surface area contributed by atoms with Gasteiger partial charge in [-0.1, -0.05) is 17.8 Å². The highest BCUT2D eigenvalue weighted by Crippen LogP contribution is 2.34. The maximum absolute atomic E-state index is 10.7. The molecule has 0 bridgehead atoms. The van der Waals surface area contributed by atoms with Gasteiger partial charge >= 0.3 is 5.00 Å². The Morgan fingerprint density at radius 2 is 2.10 bits per heavy atom. The lowest BCUT2D eigenvalue weighted by atomic mass is 10.1. The minimum Gasteiger partial charge on any atom is -0.297 e. The molecule has 5 nitrogen and oxygen atoms in total. The molecule has 1 saturated heterocycles. The summed E-state index contributed by atoms with van der Waals surface area (Å²) >= 11 is 2.76. The lowest BCUT2D eigenvalue weighted by molar-refractivity contribution is -0.380. The van der Waals surface area contributed by atoms with Crippen LogP contribution in [-0.4, -0.2) is 27.9 Å². The van der Waals surface area contributed by atoms with Crippen molar-refractivity contribution in [2.24, 2.45) is 0 Å². The Bertz CT molecular complexity index is 602. The molecule has 1 aliphatic heterocycles. The van der Waals surface area contributed by atoms with Gasteiger partial charge in [0.1, 0.15) is 5.01 Å². The second-order valence-electron chi connectivity index (χ2n) is 4.88. The van der Waals surface area contributed by atoms with E-state index in [0.717, 1.165) is 35.2 Å². The molecular formula is C13H15N3O2S2. The third-order valence-corrected chi connectivity index (χ3v) is 5.47. The Morgan fingerprint density at radius 3 is 2.80 bits per heavy atom. The molecule has 0 aromatic carbocycles. The van der Waals surface area contributed by atoms with Crippen LogP contribution in [0.25, 0.3) is 9.88 Å². The predicted octanol–water partition coefficient (Wildman–Crippen LogP) is 3.77. The van der Waals surface area contributed by atoms with Crippen molar-refractivity contribution in [3.05, 3.63) is 33.3 Å². The van der Waals surface area contributed by atoms with E-state index in [1.807, 2.05) is 0 Å². The van der Waals surface area contributed by atoms with Gasteiger partial charge in [-0.25, -0.2) is 4.98 Å². The highest BCUT2D eigenvalue weighted by atomic mass is 32.1. The highest BCUT2D eigenvalue weighted by molar-refractivity contribution is 7.22. The predicted molar refractivity (Wildman–Crippen MR) is 81.2 cm³/mol. The topological polar surface area (TPSA) is 59.3 Å². The van der Waals surface area contributed by atoms with Gasteiger partial charge in [0.2, 0.25) is 0 Å². The maximum Gasteiger partial charge on any atom is 0.324 e. The molecule has 7 heteroatoms. The first kappa shape index (κ1) is 13.7. The average molecular weight is 309 g/mol. The van der Waals surface area contributed by atoms with Crippen molar-refractivity contribution in [1.82, 2.24) is 9.88 Å². The first-order valence-electron chi connectivity index (χ1n) is 6.64. The van der Waals surface area contributed by atoms with Crippen molar-refractivity contribution in [1.29, 1.82) is 0 Å². The van der Waals surface area contributed by atoms with E-state index < -0.39 is 0 Å². The van der Waals surface area contributed by atoms with E-state index in [-0.39, 0.29) is 9.92 Å². The number of piperidine rings is 1. The molecule has 0 amide bonds. The Hall–Kier alpha value is -1.31. The maximum atomic E-state index is 10.7. The Morgan fingerprint density at radius 1 is 1.30 bits per heavy atom. The van der Waals surface area contributed by atoms with Crippen LogP contribution in [0.1, 0.15) is 25.0 Å². The molecule has 0 unspecified atom stereocenters. The molecule has 1 aliphatic rings. The van der Waals surface area contributed by atoms with Crippen molar-refractivity contribution in [3.63, 3.8) is 0 Å².